The fourth-order valence-corrected chi connectivity index (χ4v) is 4.09. The van der Waals surface area contributed by atoms with E-state index in [0.29, 0.717) is 37.6 Å². The lowest BCUT2D eigenvalue weighted by Gasteiger charge is -2.37. The van der Waals surface area contributed by atoms with Crippen LogP contribution in [0.3, 0.4) is 0 Å². The van der Waals surface area contributed by atoms with Gasteiger partial charge in [-0.3, -0.25) is 9.69 Å². The second-order valence-electron chi connectivity index (χ2n) is 8.23. The zero-order valence-electron chi connectivity index (χ0n) is 18.3. The van der Waals surface area contributed by atoms with Crippen LogP contribution in [0.1, 0.15) is 19.8 Å². The molecule has 9 heteroatoms. The topological polar surface area (TPSA) is 80.8 Å². The zero-order valence-corrected chi connectivity index (χ0v) is 18.3. The molecule has 2 N–H and O–H groups in total. The number of nitrogens with one attached hydrogen (secondary N) is 2. The van der Waals surface area contributed by atoms with Crippen LogP contribution in [-0.2, 0) is 4.79 Å². The van der Waals surface area contributed by atoms with Gasteiger partial charge in [-0.1, -0.05) is 6.07 Å². The highest BCUT2D eigenvalue weighted by atomic mass is 19.1. The van der Waals surface area contributed by atoms with Gasteiger partial charge in [-0.15, -0.1) is 0 Å². The summed E-state index contributed by atoms with van der Waals surface area (Å²) in [5, 5.41) is 5.65. The number of piperazine rings is 1. The largest absolute Gasteiger partial charge is 0.357 e. The second-order valence-corrected chi connectivity index (χ2v) is 8.23. The summed E-state index contributed by atoms with van der Waals surface area (Å²) in [7, 11) is 0. The van der Waals surface area contributed by atoms with E-state index >= 15 is 0 Å². The highest BCUT2D eigenvalue weighted by Gasteiger charge is 2.27. The minimum atomic E-state index is -0.393. The first-order valence-corrected chi connectivity index (χ1v) is 11.1. The van der Waals surface area contributed by atoms with Crippen LogP contribution in [0.2, 0.25) is 0 Å². The Labute approximate surface area is 187 Å². The summed E-state index contributed by atoms with van der Waals surface area (Å²) in [5.41, 5.74) is 1.10. The van der Waals surface area contributed by atoms with E-state index < -0.39 is 5.82 Å². The fourth-order valence-electron chi connectivity index (χ4n) is 4.09. The van der Waals surface area contributed by atoms with Gasteiger partial charge < -0.3 is 20.4 Å². The molecule has 1 unspecified atom stereocenters. The first-order valence-electron chi connectivity index (χ1n) is 11.1. The third-order valence-corrected chi connectivity index (χ3v) is 6.05. The van der Waals surface area contributed by atoms with E-state index in [4.69, 9.17) is 0 Å². The number of hydrogen-bond donors (Lipinski definition) is 2. The molecule has 0 spiro atoms. The molecule has 0 bridgehead atoms. The van der Waals surface area contributed by atoms with E-state index in [1.165, 1.54) is 25.0 Å². The number of halogens is 1. The van der Waals surface area contributed by atoms with Gasteiger partial charge in [-0.2, -0.15) is 0 Å². The number of amides is 3. The van der Waals surface area contributed by atoms with Crippen molar-refractivity contribution in [2.45, 2.75) is 25.8 Å². The van der Waals surface area contributed by atoms with E-state index in [2.05, 4.69) is 20.5 Å². The van der Waals surface area contributed by atoms with Gasteiger partial charge in [0.15, 0.2) is 0 Å². The van der Waals surface area contributed by atoms with E-state index in [0.717, 1.165) is 18.9 Å². The van der Waals surface area contributed by atoms with Crippen molar-refractivity contribution in [3.63, 3.8) is 0 Å². The number of rotatable bonds is 5. The van der Waals surface area contributed by atoms with Crippen LogP contribution in [0.25, 0.3) is 0 Å². The molecule has 2 aliphatic rings. The minimum Gasteiger partial charge on any atom is -0.357 e. The Hall–Kier alpha value is -3.20. The number of hydrogen-bond acceptors (Lipinski definition) is 5. The van der Waals surface area contributed by atoms with E-state index in [-0.39, 0.29) is 18.0 Å². The SMILES string of the molecule is CC(C(=O)Nc1cccc(F)c1)N1CCN(C(=O)Nc2ccc(N3CCCC3)nc2)CC1. The average Bonchev–Trinajstić information content (AvgIpc) is 3.34. The second kappa shape index (κ2) is 9.95. The van der Waals surface area contributed by atoms with Crippen molar-refractivity contribution >= 4 is 29.1 Å². The van der Waals surface area contributed by atoms with Crippen molar-refractivity contribution in [3.05, 3.63) is 48.4 Å². The summed E-state index contributed by atoms with van der Waals surface area (Å²) in [5.74, 6) is 0.355. The third-order valence-electron chi connectivity index (χ3n) is 6.05. The first kappa shape index (κ1) is 22.0. The number of nitrogens with zero attached hydrogens (tertiary/aromatic N) is 4. The molecule has 1 aromatic carbocycles. The average molecular weight is 441 g/mol. The van der Waals surface area contributed by atoms with Gasteiger partial charge >= 0.3 is 6.03 Å². The molecule has 0 aliphatic carbocycles. The molecule has 2 aliphatic heterocycles. The number of carbonyl (C=O) groups is 2. The summed E-state index contributed by atoms with van der Waals surface area (Å²) in [6.07, 6.45) is 4.08. The van der Waals surface area contributed by atoms with Crippen molar-refractivity contribution in [2.24, 2.45) is 0 Å². The molecule has 0 radical (unpaired) electrons. The molecular weight excluding hydrogens is 411 g/mol. The van der Waals surface area contributed by atoms with Gasteiger partial charge in [-0.05, 0) is 50.1 Å². The molecule has 3 heterocycles. The van der Waals surface area contributed by atoms with Gasteiger partial charge in [0.05, 0.1) is 17.9 Å². The maximum atomic E-state index is 13.3. The Balaban J connectivity index is 1.24. The Bertz CT molecular complexity index is 940. The van der Waals surface area contributed by atoms with Crippen molar-refractivity contribution < 1.29 is 14.0 Å². The highest BCUT2D eigenvalue weighted by Crippen LogP contribution is 2.19. The molecule has 32 heavy (non-hydrogen) atoms. The van der Waals surface area contributed by atoms with E-state index in [1.807, 2.05) is 24.0 Å². The number of anilines is 3. The van der Waals surface area contributed by atoms with Gasteiger partial charge in [-0.25, -0.2) is 14.2 Å². The van der Waals surface area contributed by atoms with Crippen LogP contribution in [-0.4, -0.2) is 72.0 Å². The molecule has 4 rings (SSSR count). The zero-order chi connectivity index (χ0) is 22.5. The molecule has 0 saturated carbocycles. The van der Waals surface area contributed by atoms with Gasteiger partial charge in [0.1, 0.15) is 11.6 Å². The van der Waals surface area contributed by atoms with Crippen molar-refractivity contribution in [2.75, 3.05) is 54.8 Å². The Morgan fingerprint density at radius 2 is 1.72 bits per heavy atom. The normalized spacial score (nSPS) is 17.8. The van der Waals surface area contributed by atoms with Gasteiger partial charge in [0, 0.05) is 45.0 Å². The smallest absolute Gasteiger partial charge is 0.321 e. The number of aromatic nitrogens is 1. The maximum absolute atomic E-state index is 13.3. The summed E-state index contributed by atoms with van der Waals surface area (Å²) < 4.78 is 13.3. The van der Waals surface area contributed by atoms with Crippen LogP contribution in [0, 0.1) is 5.82 Å². The maximum Gasteiger partial charge on any atom is 0.321 e. The third kappa shape index (κ3) is 5.34. The number of carbonyl (C=O) groups excluding carboxylic acids is 2. The summed E-state index contributed by atoms with van der Waals surface area (Å²) in [6, 6.07) is 9.11. The van der Waals surface area contributed by atoms with Crippen LogP contribution in [0.5, 0.6) is 0 Å². The quantitative estimate of drug-likeness (QED) is 0.747. The first-order chi connectivity index (χ1) is 15.5. The highest BCUT2D eigenvalue weighted by molar-refractivity contribution is 5.94. The predicted octanol–water partition coefficient (Wildman–Crippen LogP) is 3.00. The monoisotopic (exact) mass is 440 g/mol. The Morgan fingerprint density at radius 3 is 2.38 bits per heavy atom. The van der Waals surface area contributed by atoms with Gasteiger partial charge in [0.25, 0.3) is 0 Å². The molecule has 2 fully saturated rings. The van der Waals surface area contributed by atoms with E-state index in [1.54, 1.807) is 23.2 Å². The van der Waals surface area contributed by atoms with Crippen molar-refractivity contribution in [1.29, 1.82) is 0 Å². The summed E-state index contributed by atoms with van der Waals surface area (Å²) >= 11 is 0. The molecule has 170 valence electrons. The molecule has 1 atom stereocenters. The molecule has 3 amide bonds. The van der Waals surface area contributed by atoms with Crippen LogP contribution >= 0.6 is 0 Å². The standard InChI is InChI=1S/C23H29FN6O2/c1-17(22(31)26-19-6-4-5-18(24)15-19)28-11-13-30(14-12-28)23(32)27-20-7-8-21(25-16-20)29-9-2-3-10-29/h4-8,15-17H,2-3,9-14H2,1H3,(H,26,31)(H,27,32). The van der Waals surface area contributed by atoms with Crippen LogP contribution in [0.4, 0.5) is 26.4 Å². The molecule has 1 aromatic heterocycles. The Kier molecular flexibility index (Phi) is 6.84. The number of pyridine rings is 1. The van der Waals surface area contributed by atoms with Crippen molar-refractivity contribution in [3.8, 4) is 0 Å². The minimum absolute atomic E-state index is 0.169. The van der Waals surface area contributed by atoms with Crippen LogP contribution < -0.4 is 15.5 Å². The summed E-state index contributed by atoms with van der Waals surface area (Å²) in [6.45, 7) is 6.07. The Morgan fingerprint density at radius 1 is 0.969 bits per heavy atom. The van der Waals surface area contributed by atoms with Crippen molar-refractivity contribution in [1.82, 2.24) is 14.8 Å². The predicted molar refractivity (Wildman–Crippen MR) is 122 cm³/mol. The molecule has 8 nitrogen and oxygen atoms in total. The fraction of sp³-hybridized carbons (Fsp3) is 0.435. The molecule has 2 aromatic rings. The summed E-state index contributed by atoms with van der Waals surface area (Å²) in [4.78, 5) is 35.6. The van der Waals surface area contributed by atoms with Crippen LogP contribution in [0.15, 0.2) is 42.6 Å². The molecular formula is C23H29FN6O2. The lowest BCUT2D eigenvalue weighted by Crippen LogP contribution is -2.54. The van der Waals surface area contributed by atoms with Gasteiger partial charge in [0.2, 0.25) is 5.91 Å². The van der Waals surface area contributed by atoms with E-state index in [9.17, 15) is 14.0 Å². The number of benzene rings is 1. The number of urea groups is 1. The lowest BCUT2D eigenvalue weighted by molar-refractivity contribution is -0.121. The lowest BCUT2D eigenvalue weighted by atomic mass is 10.2. The molecule has 2 saturated heterocycles.